The first kappa shape index (κ1) is 14.0. The van der Waals surface area contributed by atoms with Crippen molar-refractivity contribution in [3.8, 4) is 0 Å². The number of carboxylic acid groups (broad SMARTS) is 1. The Morgan fingerprint density at radius 3 is 2.89 bits per heavy atom. The molecule has 0 spiro atoms. The van der Waals surface area contributed by atoms with E-state index in [1.165, 1.54) is 16.2 Å². The zero-order valence-electron chi connectivity index (χ0n) is 11.0. The van der Waals surface area contributed by atoms with E-state index in [2.05, 4.69) is 6.92 Å². The molecule has 0 unspecified atom stereocenters. The van der Waals surface area contributed by atoms with E-state index in [1.807, 2.05) is 13.0 Å². The Hall–Kier alpha value is -1.40. The number of carbonyl (C=O) groups excluding carboxylic acids is 1. The number of rotatable bonds is 3. The van der Waals surface area contributed by atoms with E-state index in [0.717, 1.165) is 12.0 Å². The summed E-state index contributed by atoms with van der Waals surface area (Å²) < 4.78 is 5.12. The van der Waals surface area contributed by atoms with Crippen LogP contribution in [0.3, 0.4) is 0 Å². The summed E-state index contributed by atoms with van der Waals surface area (Å²) in [6.45, 7) is 4.88. The molecule has 6 heteroatoms. The van der Waals surface area contributed by atoms with Crippen molar-refractivity contribution in [1.82, 2.24) is 4.90 Å². The fraction of sp³-hybridized carbons (Fsp3) is 0.538. The van der Waals surface area contributed by atoms with Gasteiger partial charge < -0.3 is 14.7 Å². The first-order chi connectivity index (χ1) is 9.02. The number of morpholine rings is 1. The standard InChI is InChI=1S/C13H17NO4S/c1-3-10-8(2)6-11(19-10)12(15)14-4-5-18-9(7-14)13(16)17/h6,9H,3-5,7H2,1-2H3,(H,16,17)/t9-/m0/s1. The van der Waals surface area contributed by atoms with Crippen LogP contribution in [0.2, 0.25) is 0 Å². The summed E-state index contributed by atoms with van der Waals surface area (Å²) in [6, 6.07) is 1.89. The van der Waals surface area contributed by atoms with E-state index in [1.54, 1.807) is 4.90 Å². The molecular formula is C13H17NO4S. The molecule has 1 saturated heterocycles. The minimum Gasteiger partial charge on any atom is -0.479 e. The number of hydrogen-bond donors (Lipinski definition) is 1. The van der Waals surface area contributed by atoms with E-state index in [4.69, 9.17) is 9.84 Å². The van der Waals surface area contributed by atoms with Crippen molar-refractivity contribution in [2.24, 2.45) is 0 Å². The van der Waals surface area contributed by atoms with Gasteiger partial charge in [0.25, 0.3) is 5.91 Å². The van der Waals surface area contributed by atoms with E-state index in [-0.39, 0.29) is 19.1 Å². The first-order valence-corrected chi connectivity index (χ1v) is 7.07. The molecule has 1 aromatic heterocycles. The van der Waals surface area contributed by atoms with Gasteiger partial charge in [0.05, 0.1) is 18.0 Å². The highest BCUT2D eigenvalue weighted by Gasteiger charge is 2.30. The highest BCUT2D eigenvalue weighted by atomic mass is 32.1. The molecule has 104 valence electrons. The van der Waals surface area contributed by atoms with Crippen LogP contribution in [0.5, 0.6) is 0 Å². The topological polar surface area (TPSA) is 66.8 Å². The lowest BCUT2D eigenvalue weighted by Crippen LogP contribution is -2.48. The van der Waals surface area contributed by atoms with Gasteiger partial charge >= 0.3 is 5.97 Å². The van der Waals surface area contributed by atoms with Crippen molar-refractivity contribution in [2.45, 2.75) is 26.4 Å². The Morgan fingerprint density at radius 2 is 2.32 bits per heavy atom. The number of carbonyl (C=O) groups is 2. The summed E-state index contributed by atoms with van der Waals surface area (Å²) in [5.41, 5.74) is 1.12. The van der Waals surface area contributed by atoms with Gasteiger partial charge in [-0.25, -0.2) is 4.79 Å². The van der Waals surface area contributed by atoms with Crippen molar-refractivity contribution in [3.05, 3.63) is 21.4 Å². The predicted molar refractivity (Wildman–Crippen MR) is 71.7 cm³/mol. The lowest BCUT2D eigenvalue weighted by Gasteiger charge is -2.30. The zero-order chi connectivity index (χ0) is 14.0. The summed E-state index contributed by atoms with van der Waals surface area (Å²) in [5.74, 6) is -1.11. The van der Waals surface area contributed by atoms with Crippen LogP contribution in [0.15, 0.2) is 6.07 Å². The molecule has 1 amide bonds. The second-order valence-corrected chi connectivity index (χ2v) is 5.66. The van der Waals surface area contributed by atoms with Gasteiger partial charge in [0.1, 0.15) is 0 Å². The molecule has 1 aliphatic rings. The number of nitrogens with zero attached hydrogens (tertiary/aromatic N) is 1. The Balaban J connectivity index is 2.12. The Bertz CT molecular complexity index is 497. The van der Waals surface area contributed by atoms with E-state index in [9.17, 15) is 9.59 Å². The molecule has 0 bridgehead atoms. The van der Waals surface area contributed by atoms with Gasteiger partial charge in [-0.15, -0.1) is 11.3 Å². The monoisotopic (exact) mass is 283 g/mol. The third-order valence-electron chi connectivity index (χ3n) is 3.18. The lowest BCUT2D eigenvalue weighted by atomic mass is 10.2. The number of aliphatic carboxylic acids is 1. The molecule has 1 N–H and O–H groups in total. The first-order valence-electron chi connectivity index (χ1n) is 6.26. The number of thiophene rings is 1. The van der Waals surface area contributed by atoms with Crippen LogP contribution in [0.4, 0.5) is 0 Å². The predicted octanol–water partition coefficient (Wildman–Crippen LogP) is 1.54. The third kappa shape index (κ3) is 2.96. The summed E-state index contributed by atoms with van der Waals surface area (Å²) in [4.78, 5) is 26.7. The maximum atomic E-state index is 12.3. The molecule has 0 aromatic carbocycles. The van der Waals surface area contributed by atoms with Gasteiger partial charge in [-0.1, -0.05) is 6.92 Å². The van der Waals surface area contributed by atoms with Gasteiger partial charge in [0, 0.05) is 11.4 Å². The van der Waals surface area contributed by atoms with Crippen LogP contribution in [0.1, 0.15) is 27.0 Å². The van der Waals surface area contributed by atoms with Crippen LogP contribution in [0, 0.1) is 6.92 Å². The van der Waals surface area contributed by atoms with Crippen molar-refractivity contribution < 1.29 is 19.4 Å². The van der Waals surface area contributed by atoms with Gasteiger partial charge in [0.2, 0.25) is 0 Å². The fourth-order valence-corrected chi connectivity index (χ4v) is 3.20. The number of amides is 1. The molecule has 1 fully saturated rings. The Morgan fingerprint density at radius 1 is 1.58 bits per heavy atom. The van der Waals surface area contributed by atoms with Crippen molar-refractivity contribution in [3.63, 3.8) is 0 Å². The fourth-order valence-electron chi connectivity index (χ4n) is 2.12. The largest absolute Gasteiger partial charge is 0.479 e. The summed E-state index contributed by atoms with van der Waals surface area (Å²) in [5, 5.41) is 8.93. The molecule has 2 rings (SSSR count). The van der Waals surface area contributed by atoms with Gasteiger partial charge in [-0.2, -0.15) is 0 Å². The van der Waals surface area contributed by atoms with Crippen LogP contribution in [-0.4, -0.2) is 47.7 Å². The van der Waals surface area contributed by atoms with Gasteiger partial charge in [-0.3, -0.25) is 4.79 Å². The normalized spacial score (nSPS) is 19.5. The second kappa shape index (κ2) is 5.71. The van der Waals surface area contributed by atoms with Crippen LogP contribution < -0.4 is 0 Å². The van der Waals surface area contributed by atoms with Crippen molar-refractivity contribution in [2.75, 3.05) is 19.7 Å². The van der Waals surface area contributed by atoms with Crippen molar-refractivity contribution >= 4 is 23.2 Å². The van der Waals surface area contributed by atoms with Crippen LogP contribution >= 0.6 is 11.3 Å². The smallest absolute Gasteiger partial charge is 0.334 e. The minimum absolute atomic E-state index is 0.0950. The molecular weight excluding hydrogens is 266 g/mol. The Kier molecular flexibility index (Phi) is 4.21. The van der Waals surface area contributed by atoms with E-state index >= 15 is 0 Å². The lowest BCUT2D eigenvalue weighted by molar-refractivity contribution is -0.154. The highest BCUT2D eigenvalue weighted by molar-refractivity contribution is 7.14. The number of carboxylic acids is 1. The highest BCUT2D eigenvalue weighted by Crippen LogP contribution is 2.24. The zero-order valence-corrected chi connectivity index (χ0v) is 11.8. The maximum absolute atomic E-state index is 12.3. The molecule has 1 atom stereocenters. The van der Waals surface area contributed by atoms with Crippen LogP contribution in [0.25, 0.3) is 0 Å². The van der Waals surface area contributed by atoms with Gasteiger partial charge in [-0.05, 0) is 25.0 Å². The summed E-state index contributed by atoms with van der Waals surface area (Å²) >= 11 is 1.49. The third-order valence-corrected chi connectivity index (χ3v) is 4.55. The molecule has 0 aliphatic carbocycles. The maximum Gasteiger partial charge on any atom is 0.334 e. The van der Waals surface area contributed by atoms with Gasteiger partial charge in [0.15, 0.2) is 6.10 Å². The molecule has 19 heavy (non-hydrogen) atoms. The SMILES string of the molecule is CCc1sc(C(=O)N2CCO[C@H](C(=O)O)C2)cc1C. The molecule has 0 saturated carbocycles. The number of ether oxygens (including phenoxy) is 1. The average Bonchev–Trinajstić information content (AvgIpc) is 2.79. The second-order valence-electron chi connectivity index (χ2n) is 4.52. The molecule has 2 heterocycles. The van der Waals surface area contributed by atoms with Crippen molar-refractivity contribution in [1.29, 1.82) is 0 Å². The number of aryl methyl sites for hydroxylation is 2. The number of hydrogen-bond acceptors (Lipinski definition) is 4. The van der Waals surface area contributed by atoms with E-state index in [0.29, 0.717) is 11.4 Å². The quantitative estimate of drug-likeness (QED) is 0.914. The summed E-state index contributed by atoms with van der Waals surface area (Å²) in [7, 11) is 0. The average molecular weight is 283 g/mol. The molecule has 1 aromatic rings. The van der Waals surface area contributed by atoms with Crippen LogP contribution in [-0.2, 0) is 16.0 Å². The molecule has 5 nitrogen and oxygen atoms in total. The molecule has 1 aliphatic heterocycles. The molecule has 0 radical (unpaired) electrons. The summed E-state index contributed by atoms with van der Waals surface area (Å²) in [6.07, 6.45) is -0.00521. The Labute approximate surface area is 115 Å². The van der Waals surface area contributed by atoms with E-state index < -0.39 is 12.1 Å². The minimum atomic E-state index is -1.02.